The van der Waals surface area contributed by atoms with Gasteiger partial charge in [0, 0.05) is 28.4 Å². The molecule has 3 rings (SSSR count). The lowest BCUT2D eigenvalue weighted by molar-refractivity contribution is -0.123. The van der Waals surface area contributed by atoms with Gasteiger partial charge in [-0.15, -0.1) is 0 Å². The Hall–Kier alpha value is -1.11. The number of fused-ring (bicyclic) bond motifs is 2. The van der Waals surface area contributed by atoms with Crippen molar-refractivity contribution in [3.05, 3.63) is 34.6 Å². The van der Waals surface area contributed by atoms with Crippen LogP contribution in [0.2, 0.25) is 0 Å². The fourth-order valence-corrected chi connectivity index (χ4v) is 5.28. The molecule has 7 heteroatoms. The molecule has 0 amide bonds. The van der Waals surface area contributed by atoms with Crippen molar-refractivity contribution in [1.82, 2.24) is 0 Å². The number of halogens is 5. The summed E-state index contributed by atoms with van der Waals surface area (Å²) in [6, 6.07) is 0. The van der Waals surface area contributed by atoms with Crippen LogP contribution in [-0.2, 0) is 11.2 Å². The van der Waals surface area contributed by atoms with Crippen LogP contribution in [-0.4, -0.2) is 16.3 Å². The zero-order chi connectivity index (χ0) is 16.7. The van der Waals surface area contributed by atoms with Crippen LogP contribution in [0.15, 0.2) is 0 Å². The molecule has 2 unspecified atom stereocenters. The second-order valence-corrected chi connectivity index (χ2v) is 7.78. The van der Waals surface area contributed by atoms with Gasteiger partial charge in [-0.25, -0.2) is 22.0 Å². The number of carbonyl (C=O) groups is 1. The third-order valence-corrected chi connectivity index (χ3v) is 6.27. The van der Waals surface area contributed by atoms with Gasteiger partial charge in [0.15, 0.2) is 23.3 Å². The molecule has 2 aliphatic rings. The SMILES string of the molecule is O=C(Cc1c(F)c(F)c(F)c(F)c1F)C1CC2CCCC(C1)S2. The molecule has 0 radical (unpaired) electrons. The summed E-state index contributed by atoms with van der Waals surface area (Å²) in [6.45, 7) is 0. The quantitative estimate of drug-likeness (QED) is 0.452. The molecule has 1 nitrogen and oxygen atoms in total. The lowest BCUT2D eigenvalue weighted by Gasteiger charge is -2.38. The number of ketones is 1. The minimum atomic E-state index is -2.19. The van der Waals surface area contributed by atoms with Crippen molar-refractivity contribution in [3.8, 4) is 0 Å². The van der Waals surface area contributed by atoms with Gasteiger partial charge in [-0.1, -0.05) is 6.42 Å². The lowest BCUT2D eigenvalue weighted by atomic mass is 9.84. The van der Waals surface area contributed by atoms with Crippen LogP contribution in [0.1, 0.15) is 37.7 Å². The highest BCUT2D eigenvalue weighted by Gasteiger charge is 2.36. The molecular formula is C16H15F5OS. The molecule has 0 spiro atoms. The van der Waals surface area contributed by atoms with Crippen molar-refractivity contribution in [3.63, 3.8) is 0 Å². The van der Waals surface area contributed by atoms with Gasteiger partial charge < -0.3 is 0 Å². The zero-order valence-corrected chi connectivity index (χ0v) is 13.0. The first kappa shape index (κ1) is 16.7. The highest BCUT2D eigenvalue weighted by molar-refractivity contribution is 8.00. The summed E-state index contributed by atoms with van der Waals surface area (Å²) in [4.78, 5) is 12.3. The number of carbonyl (C=O) groups excluding carboxylic acids is 1. The number of hydrogen-bond acceptors (Lipinski definition) is 2. The predicted molar refractivity (Wildman–Crippen MR) is 76.7 cm³/mol. The Morgan fingerprint density at radius 3 is 1.87 bits per heavy atom. The van der Waals surface area contributed by atoms with Crippen LogP contribution in [0.4, 0.5) is 22.0 Å². The molecule has 2 atom stereocenters. The van der Waals surface area contributed by atoms with Crippen molar-refractivity contribution in [2.45, 2.75) is 49.0 Å². The van der Waals surface area contributed by atoms with E-state index >= 15 is 0 Å². The number of thioether (sulfide) groups is 1. The highest BCUT2D eigenvalue weighted by Crippen LogP contribution is 2.44. The van der Waals surface area contributed by atoms with E-state index in [9.17, 15) is 26.7 Å². The van der Waals surface area contributed by atoms with Crippen LogP contribution in [0, 0.1) is 35.0 Å². The molecule has 0 N–H and O–H groups in total. The first-order chi connectivity index (χ1) is 10.9. The average Bonchev–Trinajstić information content (AvgIpc) is 2.54. The van der Waals surface area contributed by atoms with Crippen LogP contribution < -0.4 is 0 Å². The van der Waals surface area contributed by atoms with Crippen molar-refractivity contribution < 1.29 is 26.7 Å². The zero-order valence-electron chi connectivity index (χ0n) is 12.2. The first-order valence-electron chi connectivity index (χ1n) is 7.57. The van der Waals surface area contributed by atoms with E-state index in [1.54, 1.807) is 0 Å². The molecule has 2 bridgehead atoms. The van der Waals surface area contributed by atoms with Crippen LogP contribution in [0.3, 0.4) is 0 Å². The van der Waals surface area contributed by atoms with Gasteiger partial charge in [0.2, 0.25) is 5.82 Å². The Kier molecular flexibility index (Phi) is 4.67. The number of hydrogen-bond donors (Lipinski definition) is 0. The first-order valence-corrected chi connectivity index (χ1v) is 8.51. The summed E-state index contributed by atoms with van der Waals surface area (Å²) < 4.78 is 66.8. The maximum Gasteiger partial charge on any atom is 0.200 e. The van der Waals surface area contributed by atoms with Gasteiger partial charge in [0.05, 0.1) is 0 Å². The Bertz CT molecular complexity index is 607. The summed E-state index contributed by atoms with van der Waals surface area (Å²) in [5.41, 5.74) is -1.02. The lowest BCUT2D eigenvalue weighted by Crippen LogP contribution is -2.33. The Morgan fingerprint density at radius 1 is 0.870 bits per heavy atom. The van der Waals surface area contributed by atoms with E-state index in [0.717, 1.165) is 19.3 Å². The van der Waals surface area contributed by atoms with Gasteiger partial charge in [-0.3, -0.25) is 4.79 Å². The molecule has 1 aromatic carbocycles. The monoisotopic (exact) mass is 350 g/mol. The standard InChI is InChI=1S/C16H15F5OS/c17-12-10(13(18)15(20)16(21)14(12)19)6-11(22)7-4-8-2-1-3-9(5-7)23-8/h7-9H,1-6H2. The molecule has 2 fully saturated rings. The van der Waals surface area contributed by atoms with Crippen molar-refractivity contribution in [2.75, 3.05) is 0 Å². The molecule has 0 aromatic heterocycles. The van der Waals surface area contributed by atoms with E-state index in [1.807, 2.05) is 11.8 Å². The molecule has 2 heterocycles. The van der Waals surface area contributed by atoms with E-state index in [4.69, 9.17) is 0 Å². The number of Topliss-reactive ketones (excluding diaryl/α,β-unsaturated/α-hetero) is 1. The second-order valence-electron chi connectivity index (χ2n) is 6.17. The number of benzene rings is 1. The van der Waals surface area contributed by atoms with Crippen LogP contribution in [0.5, 0.6) is 0 Å². The van der Waals surface area contributed by atoms with Crippen molar-refractivity contribution >= 4 is 17.5 Å². The van der Waals surface area contributed by atoms with E-state index < -0.39 is 46.9 Å². The van der Waals surface area contributed by atoms with Crippen molar-refractivity contribution in [1.29, 1.82) is 0 Å². The van der Waals surface area contributed by atoms with Crippen molar-refractivity contribution in [2.24, 2.45) is 5.92 Å². The minimum Gasteiger partial charge on any atom is -0.299 e. The van der Waals surface area contributed by atoms with Gasteiger partial charge in [-0.2, -0.15) is 11.8 Å². The molecule has 2 saturated heterocycles. The van der Waals surface area contributed by atoms with Crippen LogP contribution in [0.25, 0.3) is 0 Å². The average molecular weight is 350 g/mol. The third-order valence-electron chi connectivity index (χ3n) is 4.64. The fourth-order valence-electron chi connectivity index (χ4n) is 3.45. The number of rotatable bonds is 3. The van der Waals surface area contributed by atoms with Gasteiger partial charge in [0.25, 0.3) is 0 Å². The van der Waals surface area contributed by atoms with Gasteiger partial charge in [0.1, 0.15) is 5.78 Å². The molecule has 2 aliphatic heterocycles. The largest absolute Gasteiger partial charge is 0.299 e. The normalized spacial score (nSPS) is 27.1. The van der Waals surface area contributed by atoms with Gasteiger partial charge in [-0.05, 0) is 25.7 Å². The Morgan fingerprint density at radius 2 is 1.35 bits per heavy atom. The summed E-state index contributed by atoms with van der Waals surface area (Å²) in [5.74, 6) is -10.8. The maximum atomic E-state index is 13.7. The molecule has 0 aliphatic carbocycles. The Balaban J connectivity index is 1.81. The van der Waals surface area contributed by atoms with Gasteiger partial charge >= 0.3 is 0 Å². The minimum absolute atomic E-state index is 0.354. The van der Waals surface area contributed by atoms with E-state index in [-0.39, 0.29) is 5.92 Å². The third kappa shape index (κ3) is 3.12. The summed E-state index contributed by atoms with van der Waals surface area (Å²) >= 11 is 1.84. The summed E-state index contributed by atoms with van der Waals surface area (Å²) in [7, 11) is 0. The Labute approximate surface area is 134 Å². The predicted octanol–water partition coefficient (Wildman–Crippen LogP) is 4.56. The van der Waals surface area contributed by atoms with Crippen LogP contribution >= 0.6 is 11.8 Å². The topological polar surface area (TPSA) is 17.1 Å². The summed E-state index contributed by atoms with van der Waals surface area (Å²) in [6.07, 6.45) is 3.62. The highest BCUT2D eigenvalue weighted by atomic mass is 32.2. The molecule has 0 saturated carbocycles. The summed E-state index contributed by atoms with van der Waals surface area (Å²) in [5, 5.41) is 0.709. The van der Waals surface area contributed by atoms with E-state index in [0.29, 0.717) is 23.3 Å². The molecular weight excluding hydrogens is 335 g/mol. The van der Waals surface area contributed by atoms with E-state index in [1.165, 1.54) is 0 Å². The fraction of sp³-hybridized carbons (Fsp3) is 0.562. The molecule has 23 heavy (non-hydrogen) atoms. The smallest absolute Gasteiger partial charge is 0.200 e. The second kappa shape index (κ2) is 6.42. The van der Waals surface area contributed by atoms with E-state index in [2.05, 4.69) is 0 Å². The molecule has 126 valence electrons. The maximum absolute atomic E-state index is 13.7. The molecule has 1 aromatic rings.